The summed E-state index contributed by atoms with van der Waals surface area (Å²) in [6, 6.07) is 40.6. The van der Waals surface area contributed by atoms with Crippen molar-refractivity contribution in [2.45, 2.75) is 0 Å². The highest BCUT2D eigenvalue weighted by molar-refractivity contribution is 6.29. The average molecular weight is 510 g/mol. The molecule has 0 aliphatic carbocycles. The van der Waals surface area contributed by atoms with Crippen molar-refractivity contribution >= 4 is 82.1 Å². The van der Waals surface area contributed by atoms with E-state index < -0.39 is 0 Å². The van der Waals surface area contributed by atoms with E-state index in [1.807, 2.05) is 36.4 Å². The summed E-state index contributed by atoms with van der Waals surface area (Å²) < 4.78 is 8.44. The molecule has 0 amide bonds. The van der Waals surface area contributed by atoms with Crippen molar-refractivity contribution in [2.75, 3.05) is 0 Å². The highest BCUT2D eigenvalue weighted by atomic mass is 16.3. The van der Waals surface area contributed by atoms with Gasteiger partial charge in [0, 0.05) is 26.9 Å². The molecule has 4 heterocycles. The Morgan fingerprint density at radius 1 is 0.525 bits per heavy atom. The maximum Gasteiger partial charge on any atom is 0.165 e. The van der Waals surface area contributed by atoms with Crippen molar-refractivity contribution in [3.05, 3.63) is 115 Å². The van der Waals surface area contributed by atoms with Crippen LogP contribution in [0.2, 0.25) is 0 Å². The van der Waals surface area contributed by atoms with E-state index >= 15 is 0 Å². The molecule has 4 aromatic heterocycles. The van der Waals surface area contributed by atoms with Gasteiger partial charge in [-0.2, -0.15) is 0 Å². The Bertz CT molecular complexity index is 2650. The van der Waals surface area contributed by atoms with Gasteiger partial charge >= 0.3 is 0 Å². The SMILES string of the molecule is c1ccc2c(c1)ccc1c2c2cc(-c3ccc4oc5ccccc5c4c3)cc3c4nc5ccccc5nc4n1c32. The highest BCUT2D eigenvalue weighted by Gasteiger charge is 2.22. The number of furan rings is 1. The molecule has 0 saturated heterocycles. The number of nitrogens with zero attached hydrogens (tertiary/aromatic N) is 3. The van der Waals surface area contributed by atoms with Gasteiger partial charge in [0.05, 0.1) is 22.1 Å². The van der Waals surface area contributed by atoms with Crippen LogP contribution < -0.4 is 0 Å². The molecule has 0 N–H and O–H groups in total. The Morgan fingerprint density at radius 3 is 2.17 bits per heavy atom. The lowest BCUT2D eigenvalue weighted by atomic mass is 9.97. The third kappa shape index (κ3) is 2.51. The molecule has 0 atom stereocenters. The smallest absolute Gasteiger partial charge is 0.165 e. The van der Waals surface area contributed by atoms with E-state index in [4.69, 9.17) is 14.4 Å². The number of hydrogen-bond donors (Lipinski definition) is 0. The fourth-order valence-electron chi connectivity index (χ4n) is 6.72. The molecule has 0 aliphatic rings. The number of fused-ring (bicyclic) bond motifs is 12. The first kappa shape index (κ1) is 20.5. The topological polar surface area (TPSA) is 43.3 Å². The van der Waals surface area contributed by atoms with Gasteiger partial charge in [-0.25, -0.2) is 9.97 Å². The van der Waals surface area contributed by atoms with Crippen molar-refractivity contribution in [1.29, 1.82) is 0 Å². The third-order valence-electron chi connectivity index (χ3n) is 8.48. The Hall–Kier alpha value is -5.48. The fraction of sp³-hybridized carbons (Fsp3) is 0. The van der Waals surface area contributed by atoms with Gasteiger partial charge in [0.15, 0.2) is 5.65 Å². The van der Waals surface area contributed by atoms with Crippen LogP contribution in [0.15, 0.2) is 120 Å². The van der Waals surface area contributed by atoms with E-state index in [1.54, 1.807) is 0 Å². The zero-order valence-electron chi connectivity index (χ0n) is 21.2. The Balaban J connectivity index is 1.40. The van der Waals surface area contributed by atoms with Crippen molar-refractivity contribution < 1.29 is 4.42 Å². The molecule has 0 spiro atoms. The zero-order chi connectivity index (χ0) is 25.9. The Morgan fingerprint density at radius 2 is 1.25 bits per heavy atom. The molecule has 0 radical (unpaired) electrons. The predicted octanol–water partition coefficient (Wildman–Crippen LogP) is 9.50. The van der Waals surface area contributed by atoms with Crippen LogP contribution in [0.4, 0.5) is 0 Å². The van der Waals surface area contributed by atoms with Crippen LogP contribution >= 0.6 is 0 Å². The van der Waals surface area contributed by atoms with Crippen LogP contribution in [0.25, 0.3) is 93.2 Å². The predicted molar refractivity (Wildman–Crippen MR) is 164 cm³/mol. The minimum absolute atomic E-state index is 0.900. The van der Waals surface area contributed by atoms with E-state index in [0.29, 0.717) is 0 Å². The molecule has 0 aliphatic heterocycles. The van der Waals surface area contributed by atoms with Gasteiger partial charge in [-0.15, -0.1) is 0 Å². The summed E-state index contributed by atoms with van der Waals surface area (Å²) in [6.45, 7) is 0. The molecule has 0 unspecified atom stereocenters. The summed E-state index contributed by atoms with van der Waals surface area (Å²) in [6.07, 6.45) is 0. The average Bonchev–Trinajstić information content (AvgIpc) is 3.65. The lowest BCUT2D eigenvalue weighted by Crippen LogP contribution is -1.89. The van der Waals surface area contributed by atoms with Crippen LogP contribution in [0.5, 0.6) is 0 Å². The first-order valence-corrected chi connectivity index (χ1v) is 13.5. The maximum absolute atomic E-state index is 6.13. The third-order valence-corrected chi connectivity index (χ3v) is 8.48. The van der Waals surface area contributed by atoms with Crippen molar-refractivity contribution in [3.8, 4) is 11.1 Å². The summed E-state index contributed by atoms with van der Waals surface area (Å²) >= 11 is 0. The number of aromatic nitrogens is 3. The molecule has 0 fully saturated rings. The van der Waals surface area contributed by atoms with Gasteiger partial charge in [-0.05, 0) is 70.4 Å². The summed E-state index contributed by atoms with van der Waals surface area (Å²) in [5.41, 5.74) is 10.1. The number of para-hydroxylation sites is 3. The molecule has 4 heteroatoms. The monoisotopic (exact) mass is 509 g/mol. The number of hydrogen-bond acceptors (Lipinski definition) is 3. The summed E-state index contributed by atoms with van der Waals surface area (Å²) in [5, 5.41) is 8.35. The van der Waals surface area contributed by atoms with Crippen molar-refractivity contribution in [1.82, 2.24) is 14.4 Å². The van der Waals surface area contributed by atoms with Crippen molar-refractivity contribution in [2.24, 2.45) is 0 Å². The van der Waals surface area contributed by atoms with Gasteiger partial charge in [0.2, 0.25) is 0 Å². The lowest BCUT2D eigenvalue weighted by molar-refractivity contribution is 0.669. The number of rotatable bonds is 1. The minimum atomic E-state index is 0.900. The lowest BCUT2D eigenvalue weighted by Gasteiger charge is -2.06. The fourth-order valence-corrected chi connectivity index (χ4v) is 6.72. The van der Waals surface area contributed by atoms with Gasteiger partial charge in [0.1, 0.15) is 16.7 Å². The molecule has 184 valence electrons. The van der Waals surface area contributed by atoms with Gasteiger partial charge in [-0.1, -0.05) is 66.7 Å². The van der Waals surface area contributed by atoms with E-state index in [1.165, 1.54) is 27.1 Å². The molecular formula is C36H19N3O. The quantitative estimate of drug-likeness (QED) is 0.221. The second kappa shape index (κ2) is 7.13. The molecule has 0 saturated carbocycles. The molecule has 40 heavy (non-hydrogen) atoms. The van der Waals surface area contributed by atoms with Gasteiger partial charge in [0.25, 0.3) is 0 Å². The summed E-state index contributed by atoms with van der Waals surface area (Å²) in [7, 11) is 0. The summed E-state index contributed by atoms with van der Waals surface area (Å²) in [5.74, 6) is 0. The molecule has 0 bridgehead atoms. The van der Waals surface area contributed by atoms with Crippen LogP contribution in [0.3, 0.4) is 0 Å². The zero-order valence-corrected chi connectivity index (χ0v) is 21.2. The molecule has 10 aromatic rings. The Kier molecular flexibility index (Phi) is 3.65. The number of benzene rings is 6. The van der Waals surface area contributed by atoms with E-state index in [9.17, 15) is 0 Å². The standard InChI is InChI=1S/C36H19N3O/c1-2-8-23-20(7-1)13-15-30-33(23)26-18-22(21-14-16-32-25(17-21)24-9-3-6-12-31(24)40-32)19-27-34-36(39(30)35(26)27)38-29-11-5-4-10-28(29)37-34/h1-19H. The molecule has 4 nitrogen and oxygen atoms in total. The first-order valence-electron chi connectivity index (χ1n) is 13.5. The second-order valence-electron chi connectivity index (χ2n) is 10.6. The normalized spacial score (nSPS) is 12.5. The minimum Gasteiger partial charge on any atom is -0.456 e. The largest absolute Gasteiger partial charge is 0.456 e. The Labute approximate surface area is 227 Å². The molecule has 6 aromatic carbocycles. The highest BCUT2D eigenvalue weighted by Crippen LogP contribution is 2.44. The van der Waals surface area contributed by atoms with Crippen LogP contribution in [0.1, 0.15) is 0 Å². The van der Waals surface area contributed by atoms with Crippen LogP contribution in [0, 0.1) is 0 Å². The van der Waals surface area contributed by atoms with Crippen molar-refractivity contribution in [3.63, 3.8) is 0 Å². The first-order chi connectivity index (χ1) is 19.8. The van der Waals surface area contributed by atoms with E-state index in [2.05, 4.69) is 83.3 Å². The maximum atomic E-state index is 6.13. The van der Waals surface area contributed by atoms with Crippen LogP contribution in [-0.2, 0) is 0 Å². The second-order valence-corrected chi connectivity index (χ2v) is 10.6. The molecular weight excluding hydrogens is 490 g/mol. The van der Waals surface area contributed by atoms with Crippen LogP contribution in [-0.4, -0.2) is 14.4 Å². The van der Waals surface area contributed by atoms with E-state index in [0.717, 1.165) is 66.2 Å². The molecule has 10 rings (SSSR count). The van der Waals surface area contributed by atoms with Gasteiger partial charge < -0.3 is 4.42 Å². The van der Waals surface area contributed by atoms with Gasteiger partial charge in [-0.3, -0.25) is 4.40 Å². The van der Waals surface area contributed by atoms with E-state index in [-0.39, 0.29) is 0 Å². The summed E-state index contributed by atoms with van der Waals surface area (Å²) in [4.78, 5) is 10.3.